The van der Waals surface area contributed by atoms with Crippen LogP contribution in [0.3, 0.4) is 0 Å². The Morgan fingerprint density at radius 1 is 1.35 bits per heavy atom. The van der Waals surface area contributed by atoms with E-state index in [9.17, 15) is 4.79 Å². The van der Waals surface area contributed by atoms with Crippen LogP contribution in [0.25, 0.3) is 16.6 Å². The fourth-order valence-corrected chi connectivity index (χ4v) is 3.06. The number of amides is 1. The maximum atomic E-state index is 11.4. The number of nitrogens with one attached hydrogen (secondary N) is 1. The maximum Gasteiger partial charge on any atom is 0.220 e. The van der Waals surface area contributed by atoms with Gasteiger partial charge in [-0.25, -0.2) is 4.52 Å². The van der Waals surface area contributed by atoms with Crippen molar-refractivity contribution >= 4 is 11.4 Å². The van der Waals surface area contributed by atoms with E-state index in [1.165, 1.54) is 0 Å². The van der Waals surface area contributed by atoms with E-state index >= 15 is 0 Å². The molecule has 1 atom stereocenters. The summed E-state index contributed by atoms with van der Waals surface area (Å²) in [6.07, 6.45) is 7.94. The zero-order chi connectivity index (χ0) is 18.3. The van der Waals surface area contributed by atoms with Gasteiger partial charge in [-0.05, 0) is 26.0 Å². The average molecular weight is 351 g/mol. The highest BCUT2D eigenvalue weighted by Gasteiger charge is 2.26. The molecule has 26 heavy (non-hydrogen) atoms. The van der Waals surface area contributed by atoms with Crippen molar-refractivity contribution in [3.05, 3.63) is 49.3 Å². The Bertz CT molecular complexity index is 985. The van der Waals surface area contributed by atoms with Gasteiger partial charge in [-0.15, -0.1) is 0 Å². The third-order valence-corrected chi connectivity index (χ3v) is 4.61. The van der Waals surface area contributed by atoms with E-state index in [2.05, 4.69) is 35.9 Å². The Balaban J connectivity index is 1.68. The predicted molar refractivity (Wildman–Crippen MR) is 97.7 cm³/mol. The van der Waals surface area contributed by atoms with Crippen molar-refractivity contribution in [3.8, 4) is 16.9 Å². The average Bonchev–Trinajstić information content (AvgIpc) is 3.34. The molecular formula is C19H21N5O2. The molecule has 0 saturated carbocycles. The number of nitrogens with zero attached hydrogens (tertiary/aromatic N) is 4. The van der Waals surface area contributed by atoms with E-state index in [1.807, 2.05) is 35.4 Å². The van der Waals surface area contributed by atoms with E-state index in [-0.39, 0.29) is 11.8 Å². The number of aromatic nitrogens is 4. The smallest absolute Gasteiger partial charge is 0.220 e. The van der Waals surface area contributed by atoms with Gasteiger partial charge in [0.25, 0.3) is 0 Å². The normalized spacial score (nSPS) is 17.0. The topological polar surface area (TPSA) is 73.5 Å². The fourth-order valence-electron chi connectivity index (χ4n) is 3.06. The first-order valence-corrected chi connectivity index (χ1v) is 8.66. The minimum absolute atomic E-state index is 0.0159. The van der Waals surface area contributed by atoms with Gasteiger partial charge >= 0.3 is 0 Å². The summed E-state index contributed by atoms with van der Waals surface area (Å²) in [4.78, 5) is 11.4. The molecule has 1 saturated heterocycles. The molecule has 0 aliphatic carbocycles. The molecule has 4 rings (SSSR count). The van der Waals surface area contributed by atoms with Crippen LogP contribution < -0.4 is 10.1 Å². The van der Waals surface area contributed by atoms with Gasteiger partial charge < -0.3 is 10.1 Å². The summed E-state index contributed by atoms with van der Waals surface area (Å²) in [5, 5.41) is 11.6. The van der Waals surface area contributed by atoms with Crippen molar-refractivity contribution in [1.29, 1.82) is 0 Å². The molecule has 3 aromatic rings. The van der Waals surface area contributed by atoms with Crippen LogP contribution >= 0.6 is 0 Å². The van der Waals surface area contributed by atoms with Crippen molar-refractivity contribution < 1.29 is 9.53 Å². The van der Waals surface area contributed by atoms with Gasteiger partial charge in [0.1, 0.15) is 11.3 Å². The summed E-state index contributed by atoms with van der Waals surface area (Å²) in [6, 6.07) is 4.15. The van der Waals surface area contributed by atoms with E-state index < -0.39 is 0 Å². The van der Waals surface area contributed by atoms with E-state index in [1.54, 1.807) is 10.7 Å². The van der Waals surface area contributed by atoms with Gasteiger partial charge in [0, 0.05) is 48.4 Å². The lowest BCUT2D eigenvalue weighted by Gasteiger charge is -2.15. The largest absolute Gasteiger partial charge is 0.460 e. The van der Waals surface area contributed by atoms with Gasteiger partial charge in [0.2, 0.25) is 5.91 Å². The zero-order valence-corrected chi connectivity index (χ0v) is 14.8. The highest BCUT2D eigenvalue weighted by molar-refractivity contribution is 5.79. The Labute approximate surface area is 151 Å². The Morgan fingerprint density at radius 2 is 2.19 bits per heavy atom. The van der Waals surface area contributed by atoms with Gasteiger partial charge in [0.15, 0.2) is 5.75 Å². The molecule has 1 fully saturated rings. The van der Waals surface area contributed by atoms with Crippen LogP contribution in [-0.4, -0.2) is 31.8 Å². The van der Waals surface area contributed by atoms with Crippen LogP contribution in [0.4, 0.5) is 0 Å². The number of hydrogen-bond donors (Lipinski definition) is 1. The summed E-state index contributed by atoms with van der Waals surface area (Å²) in [6.45, 7) is 8.76. The molecule has 0 bridgehead atoms. The molecule has 1 aliphatic rings. The number of fused-ring (bicyclic) bond motifs is 1. The molecule has 7 nitrogen and oxygen atoms in total. The number of rotatable bonds is 5. The lowest BCUT2D eigenvalue weighted by atomic mass is 10.1. The lowest BCUT2D eigenvalue weighted by molar-refractivity contribution is -0.119. The summed E-state index contributed by atoms with van der Waals surface area (Å²) in [7, 11) is 0. The minimum atomic E-state index is -0.0159. The fraction of sp³-hybridized carbons (Fsp3) is 0.316. The third-order valence-electron chi connectivity index (χ3n) is 4.61. The minimum Gasteiger partial charge on any atom is -0.460 e. The van der Waals surface area contributed by atoms with Crippen LogP contribution in [0.2, 0.25) is 0 Å². The molecule has 0 spiro atoms. The Kier molecular flexibility index (Phi) is 3.99. The Morgan fingerprint density at radius 3 is 2.88 bits per heavy atom. The van der Waals surface area contributed by atoms with Gasteiger partial charge in [-0.1, -0.05) is 6.58 Å². The molecule has 0 aromatic carbocycles. The summed E-state index contributed by atoms with van der Waals surface area (Å²) in [5.74, 6) is 1.27. The maximum absolute atomic E-state index is 11.4. The monoisotopic (exact) mass is 351 g/mol. The number of pyridine rings is 1. The van der Waals surface area contributed by atoms with Crippen LogP contribution in [0, 0.1) is 5.92 Å². The summed E-state index contributed by atoms with van der Waals surface area (Å²) >= 11 is 0. The second-order valence-corrected chi connectivity index (χ2v) is 6.83. The van der Waals surface area contributed by atoms with Gasteiger partial charge in [-0.2, -0.15) is 10.2 Å². The predicted octanol–water partition coefficient (Wildman–Crippen LogP) is 2.81. The quantitative estimate of drug-likeness (QED) is 0.718. The SMILES string of the molecule is C=C(Oc1cc(-c2cnn(C(C)C)c2)cn2nccc12)[C@H]1CNC(=O)C1. The van der Waals surface area contributed by atoms with E-state index in [0.717, 1.165) is 16.6 Å². The standard InChI is InChI=1S/C19H21N5O2/c1-12(2)23-11-16(9-22-23)15-6-18(17-4-5-21-24(17)10-15)26-13(3)14-7-19(25)20-8-14/h4-6,9-12,14H,3,7-8H2,1-2H3,(H,20,25)/t14-/m1/s1. The van der Waals surface area contributed by atoms with Gasteiger partial charge in [0.05, 0.1) is 12.4 Å². The van der Waals surface area contributed by atoms with Crippen molar-refractivity contribution in [2.75, 3.05) is 6.54 Å². The first-order valence-electron chi connectivity index (χ1n) is 8.66. The van der Waals surface area contributed by atoms with E-state index in [4.69, 9.17) is 4.74 Å². The molecule has 3 aromatic heterocycles. The molecule has 1 aliphatic heterocycles. The molecular weight excluding hydrogens is 330 g/mol. The number of carbonyl (C=O) groups excluding carboxylic acids is 1. The third kappa shape index (κ3) is 2.96. The van der Waals surface area contributed by atoms with Crippen molar-refractivity contribution in [3.63, 3.8) is 0 Å². The first kappa shape index (κ1) is 16.4. The second-order valence-electron chi connectivity index (χ2n) is 6.83. The first-order chi connectivity index (χ1) is 12.5. The molecule has 7 heteroatoms. The van der Waals surface area contributed by atoms with E-state index in [0.29, 0.717) is 30.5 Å². The van der Waals surface area contributed by atoms with Crippen LogP contribution in [0.5, 0.6) is 5.75 Å². The zero-order valence-electron chi connectivity index (χ0n) is 14.8. The van der Waals surface area contributed by atoms with Crippen molar-refractivity contribution in [2.24, 2.45) is 5.92 Å². The molecule has 0 radical (unpaired) electrons. The molecule has 1 amide bonds. The highest BCUT2D eigenvalue weighted by atomic mass is 16.5. The molecule has 1 N–H and O–H groups in total. The second kappa shape index (κ2) is 6.33. The Hall–Kier alpha value is -3.09. The highest BCUT2D eigenvalue weighted by Crippen LogP contribution is 2.31. The lowest BCUT2D eigenvalue weighted by Crippen LogP contribution is -2.15. The summed E-state index contributed by atoms with van der Waals surface area (Å²) in [5.41, 5.74) is 2.80. The van der Waals surface area contributed by atoms with Crippen LogP contribution in [-0.2, 0) is 4.79 Å². The van der Waals surface area contributed by atoms with Crippen molar-refractivity contribution in [2.45, 2.75) is 26.3 Å². The number of carbonyl (C=O) groups is 1. The molecule has 134 valence electrons. The van der Waals surface area contributed by atoms with Crippen molar-refractivity contribution in [1.82, 2.24) is 24.7 Å². The number of ether oxygens (including phenoxy) is 1. The summed E-state index contributed by atoms with van der Waals surface area (Å²) < 4.78 is 9.75. The van der Waals surface area contributed by atoms with Gasteiger partial charge in [-0.3, -0.25) is 9.48 Å². The van der Waals surface area contributed by atoms with Crippen LogP contribution in [0.1, 0.15) is 26.3 Å². The number of hydrogen-bond acceptors (Lipinski definition) is 4. The molecule has 0 unspecified atom stereocenters. The molecule has 4 heterocycles. The van der Waals surface area contributed by atoms with Crippen LogP contribution in [0.15, 0.2) is 49.3 Å².